The van der Waals surface area contributed by atoms with Crippen molar-refractivity contribution in [1.29, 1.82) is 0 Å². The van der Waals surface area contributed by atoms with E-state index < -0.39 is 5.82 Å². The Labute approximate surface area is 115 Å². The topological polar surface area (TPSA) is 59.8 Å². The maximum absolute atomic E-state index is 13.4. The summed E-state index contributed by atoms with van der Waals surface area (Å²) in [6.07, 6.45) is 8.05. The van der Waals surface area contributed by atoms with Crippen LogP contribution in [-0.4, -0.2) is 27.0 Å². The fourth-order valence-electron chi connectivity index (χ4n) is 2.48. The second-order valence-corrected chi connectivity index (χ2v) is 4.96. The molecule has 0 unspecified atom stereocenters. The van der Waals surface area contributed by atoms with E-state index in [0.717, 1.165) is 31.4 Å². The summed E-state index contributed by atoms with van der Waals surface area (Å²) in [6.45, 7) is 1.45. The number of imidazole rings is 1. The van der Waals surface area contributed by atoms with Crippen molar-refractivity contribution < 1.29 is 9.18 Å². The molecule has 20 heavy (non-hydrogen) atoms. The lowest BCUT2D eigenvalue weighted by atomic mass is 9.97. The molecular formula is C14H15FN4O. The Kier molecular flexibility index (Phi) is 3.45. The highest BCUT2D eigenvalue weighted by atomic mass is 19.1. The number of carbonyl (C=O) groups excluding carboxylic acids is 1. The van der Waals surface area contributed by atoms with E-state index >= 15 is 0 Å². The van der Waals surface area contributed by atoms with E-state index in [-0.39, 0.29) is 11.5 Å². The molecule has 6 heteroatoms. The molecule has 0 fully saturated rings. The number of aryl methyl sites for hydroxylation is 1. The number of nitrogens with zero attached hydrogens (tertiary/aromatic N) is 3. The second kappa shape index (κ2) is 5.40. The highest BCUT2D eigenvalue weighted by molar-refractivity contribution is 5.94. The quantitative estimate of drug-likeness (QED) is 0.920. The number of aromatic nitrogens is 3. The van der Waals surface area contributed by atoms with Crippen molar-refractivity contribution >= 4 is 5.91 Å². The fraction of sp³-hybridized carbons (Fsp3) is 0.357. The highest BCUT2D eigenvalue weighted by Gasteiger charge is 2.20. The molecule has 0 aromatic carbocycles. The lowest BCUT2D eigenvalue weighted by Crippen LogP contribution is -2.33. The zero-order valence-corrected chi connectivity index (χ0v) is 10.9. The van der Waals surface area contributed by atoms with Crippen molar-refractivity contribution in [2.24, 2.45) is 5.92 Å². The molecule has 104 valence electrons. The fourth-order valence-corrected chi connectivity index (χ4v) is 2.48. The minimum Gasteiger partial charge on any atom is -0.352 e. The van der Waals surface area contributed by atoms with Gasteiger partial charge in [0.1, 0.15) is 5.82 Å². The first-order chi connectivity index (χ1) is 9.74. The molecular weight excluding hydrogens is 259 g/mol. The van der Waals surface area contributed by atoms with Crippen LogP contribution >= 0.6 is 0 Å². The predicted octanol–water partition coefficient (Wildman–Crippen LogP) is 1.41. The Hall–Kier alpha value is -2.24. The molecule has 2 aromatic rings. The van der Waals surface area contributed by atoms with Crippen LogP contribution in [0.4, 0.5) is 4.39 Å². The smallest absolute Gasteiger partial charge is 0.254 e. The molecule has 1 N–H and O–H groups in total. The van der Waals surface area contributed by atoms with Crippen molar-refractivity contribution in [2.45, 2.75) is 19.4 Å². The van der Waals surface area contributed by atoms with Gasteiger partial charge in [-0.2, -0.15) is 0 Å². The first kappa shape index (κ1) is 12.8. The third-order valence-corrected chi connectivity index (χ3v) is 3.62. The maximum Gasteiger partial charge on any atom is 0.254 e. The van der Waals surface area contributed by atoms with Gasteiger partial charge >= 0.3 is 0 Å². The van der Waals surface area contributed by atoms with E-state index in [0.29, 0.717) is 12.5 Å². The number of amides is 1. The monoisotopic (exact) mass is 274 g/mol. The number of nitrogens with one attached hydrogen (secondary N) is 1. The third kappa shape index (κ3) is 2.54. The van der Waals surface area contributed by atoms with Gasteiger partial charge in [-0.3, -0.25) is 9.78 Å². The molecule has 3 heterocycles. The van der Waals surface area contributed by atoms with Crippen LogP contribution in [0.3, 0.4) is 0 Å². The van der Waals surface area contributed by atoms with E-state index in [1.165, 1.54) is 12.3 Å². The molecule has 2 aromatic heterocycles. The lowest BCUT2D eigenvalue weighted by molar-refractivity contribution is 0.0940. The Balaban J connectivity index is 1.58. The van der Waals surface area contributed by atoms with E-state index in [2.05, 4.69) is 19.9 Å². The van der Waals surface area contributed by atoms with Crippen LogP contribution in [0.2, 0.25) is 0 Å². The summed E-state index contributed by atoms with van der Waals surface area (Å²) in [6, 6.07) is 1.39. The van der Waals surface area contributed by atoms with Gasteiger partial charge in [-0.05, 0) is 18.4 Å². The predicted molar refractivity (Wildman–Crippen MR) is 70.6 cm³/mol. The number of fused-ring (bicyclic) bond motifs is 1. The molecule has 0 saturated heterocycles. The SMILES string of the molecule is O=C(NC[C@@H]1CCn2ccnc2C1)c1ccncc1F. The van der Waals surface area contributed by atoms with Gasteiger partial charge in [-0.25, -0.2) is 9.37 Å². The number of rotatable bonds is 3. The van der Waals surface area contributed by atoms with Crippen LogP contribution in [0.15, 0.2) is 30.9 Å². The minimum atomic E-state index is -0.593. The number of halogens is 1. The first-order valence-corrected chi connectivity index (χ1v) is 6.62. The first-order valence-electron chi connectivity index (χ1n) is 6.62. The van der Waals surface area contributed by atoms with E-state index in [4.69, 9.17) is 0 Å². The number of pyridine rings is 1. The van der Waals surface area contributed by atoms with Crippen LogP contribution in [0.1, 0.15) is 22.6 Å². The van der Waals surface area contributed by atoms with Gasteiger partial charge in [0, 0.05) is 38.1 Å². The highest BCUT2D eigenvalue weighted by Crippen LogP contribution is 2.18. The van der Waals surface area contributed by atoms with Crippen LogP contribution < -0.4 is 5.32 Å². The molecule has 0 aliphatic carbocycles. The van der Waals surface area contributed by atoms with Crippen molar-refractivity contribution in [3.63, 3.8) is 0 Å². The molecule has 0 spiro atoms. The standard InChI is InChI=1S/C14H15FN4O/c15-12-9-16-3-1-11(12)14(20)18-8-10-2-5-19-6-4-17-13(19)7-10/h1,3-4,6,9-10H,2,5,7-8H2,(H,18,20)/t10-/m1/s1. The summed E-state index contributed by atoms with van der Waals surface area (Å²) in [5, 5.41) is 2.79. The molecule has 0 radical (unpaired) electrons. The van der Waals surface area contributed by atoms with Crippen LogP contribution in [0, 0.1) is 11.7 Å². The number of hydrogen-bond donors (Lipinski definition) is 1. The van der Waals surface area contributed by atoms with Gasteiger partial charge in [0.2, 0.25) is 0 Å². The van der Waals surface area contributed by atoms with Gasteiger partial charge < -0.3 is 9.88 Å². The second-order valence-electron chi connectivity index (χ2n) is 4.96. The molecule has 1 atom stereocenters. The molecule has 3 rings (SSSR count). The van der Waals surface area contributed by atoms with Crippen molar-refractivity contribution in [3.8, 4) is 0 Å². The Morgan fingerprint density at radius 3 is 3.25 bits per heavy atom. The van der Waals surface area contributed by atoms with E-state index in [1.54, 1.807) is 6.20 Å². The zero-order valence-electron chi connectivity index (χ0n) is 10.9. The van der Waals surface area contributed by atoms with Gasteiger partial charge in [0.05, 0.1) is 11.8 Å². The molecule has 1 amide bonds. The third-order valence-electron chi connectivity index (χ3n) is 3.62. The average Bonchev–Trinajstić information content (AvgIpc) is 2.92. The summed E-state index contributed by atoms with van der Waals surface area (Å²) >= 11 is 0. The number of carbonyl (C=O) groups is 1. The van der Waals surface area contributed by atoms with Crippen molar-refractivity contribution in [1.82, 2.24) is 19.9 Å². The van der Waals surface area contributed by atoms with Gasteiger partial charge in [-0.15, -0.1) is 0 Å². The molecule has 1 aliphatic rings. The maximum atomic E-state index is 13.4. The molecule has 0 bridgehead atoms. The normalized spacial score (nSPS) is 17.6. The summed E-state index contributed by atoms with van der Waals surface area (Å²) in [5.41, 5.74) is 0.0392. The zero-order chi connectivity index (χ0) is 13.9. The van der Waals surface area contributed by atoms with Crippen molar-refractivity contribution in [3.05, 3.63) is 48.1 Å². The van der Waals surface area contributed by atoms with Crippen molar-refractivity contribution in [2.75, 3.05) is 6.54 Å². The largest absolute Gasteiger partial charge is 0.352 e. The van der Waals surface area contributed by atoms with Crippen LogP contribution in [-0.2, 0) is 13.0 Å². The number of hydrogen-bond acceptors (Lipinski definition) is 3. The average molecular weight is 274 g/mol. The van der Waals surface area contributed by atoms with E-state index in [1.807, 2.05) is 6.20 Å². The van der Waals surface area contributed by atoms with E-state index in [9.17, 15) is 9.18 Å². The summed E-state index contributed by atoms with van der Waals surface area (Å²) in [5.74, 6) is 0.410. The van der Waals surface area contributed by atoms with Gasteiger partial charge in [-0.1, -0.05) is 0 Å². The summed E-state index contributed by atoms with van der Waals surface area (Å²) in [7, 11) is 0. The Morgan fingerprint density at radius 2 is 2.40 bits per heavy atom. The molecule has 5 nitrogen and oxygen atoms in total. The molecule has 0 saturated carbocycles. The summed E-state index contributed by atoms with van der Waals surface area (Å²) in [4.78, 5) is 19.8. The molecule has 1 aliphatic heterocycles. The van der Waals surface area contributed by atoms with Gasteiger partial charge in [0.15, 0.2) is 5.82 Å². The minimum absolute atomic E-state index is 0.0392. The van der Waals surface area contributed by atoms with Crippen LogP contribution in [0.25, 0.3) is 0 Å². The van der Waals surface area contributed by atoms with Crippen LogP contribution in [0.5, 0.6) is 0 Å². The Bertz CT molecular complexity index is 625. The van der Waals surface area contributed by atoms with Gasteiger partial charge in [0.25, 0.3) is 5.91 Å². The Morgan fingerprint density at radius 1 is 1.50 bits per heavy atom. The lowest BCUT2D eigenvalue weighted by Gasteiger charge is -2.23. The summed E-state index contributed by atoms with van der Waals surface area (Å²) < 4.78 is 15.6.